The van der Waals surface area contributed by atoms with Crippen molar-refractivity contribution in [2.75, 3.05) is 13.1 Å². The van der Waals surface area contributed by atoms with Gasteiger partial charge in [0.25, 0.3) is 0 Å². The molecule has 4 nitrogen and oxygen atoms in total. The Bertz CT molecular complexity index is 394. The van der Waals surface area contributed by atoms with Gasteiger partial charge in [-0.05, 0) is 19.8 Å². The second-order valence-electron chi connectivity index (χ2n) is 6.45. The largest absolute Gasteiger partial charge is 0.311 e. The Kier molecular flexibility index (Phi) is 3.78. The fraction of sp³-hybridized carbons (Fsp3) is 0.786. The van der Waals surface area contributed by atoms with Gasteiger partial charge in [-0.25, -0.2) is 0 Å². The normalized spacial score (nSPS) is 24.7. The van der Waals surface area contributed by atoms with E-state index < -0.39 is 0 Å². The molecule has 0 spiro atoms. The molecule has 4 heteroatoms. The highest BCUT2D eigenvalue weighted by molar-refractivity contribution is 5.06. The molecule has 0 bridgehead atoms. The SMILES string of the molecule is CC(C)C1CN(Cc2cnn(C)c2)C(C)(C)CN1. The Labute approximate surface area is 110 Å². The van der Waals surface area contributed by atoms with Crippen molar-refractivity contribution in [3.63, 3.8) is 0 Å². The third kappa shape index (κ3) is 2.93. The molecule has 0 saturated carbocycles. The van der Waals surface area contributed by atoms with E-state index in [9.17, 15) is 0 Å². The van der Waals surface area contributed by atoms with Crippen LogP contribution in [0.25, 0.3) is 0 Å². The zero-order chi connectivity index (χ0) is 13.3. The van der Waals surface area contributed by atoms with Crippen molar-refractivity contribution in [1.82, 2.24) is 20.0 Å². The third-order valence-electron chi connectivity index (χ3n) is 4.01. The van der Waals surface area contributed by atoms with Gasteiger partial charge in [0.1, 0.15) is 0 Å². The number of nitrogens with one attached hydrogen (secondary N) is 1. The van der Waals surface area contributed by atoms with Gasteiger partial charge in [-0.2, -0.15) is 5.10 Å². The van der Waals surface area contributed by atoms with Crippen LogP contribution in [-0.2, 0) is 13.6 Å². The molecular formula is C14H26N4. The van der Waals surface area contributed by atoms with Gasteiger partial charge in [0.05, 0.1) is 6.20 Å². The van der Waals surface area contributed by atoms with Crippen LogP contribution in [0.2, 0.25) is 0 Å². The molecule has 1 aliphatic heterocycles. The summed E-state index contributed by atoms with van der Waals surface area (Å²) in [6.07, 6.45) is 4.09. The highest BCUT2D eigenvalue weighted by Gasteiger charge is 2.34. The first-order valence-corrected chi connectivity index (χ1v) is 6.84. The van der Waals surface area contributed by atoms with Gasteiger partial charge in [0.15, 0.2) is 0 Å². The van der Waals surface area contributed by atoms with Gasteiger partial charge in [-0.15, -0.1) is 0 Å². The highest BCUT2D eigenvalue weighted by Crippen LogP contribution is 2.23. The van der Waals surface area contributed by atoms with E-state index in [2.05, 4.69) is 49.2 Å². The summed E-state index contributed by atoms with van der Waals surface area (Å²) in [6.45, 7) is 12.4. The lowest BCUT2D eigenvalue weighted by Gasteiger charge is -2.47. The van der Waals surface area contributed by atoms with Gasteiger partial charge in [-0.1, -0.05) is 13.8 Å². The molecule has 1 saturated heterocycles. The molecule has 2 heterocycles. The zero-order valence-electron chi connectivity index (χ0n) is 12.3. The number of nitrogens with zero attached hydrogens (tertiary/aromatic N) is 3. The van der Waals surface area contributed by atoms with Crippen molar-refractivity contribution in [3.05, 3.63) is 18.0 Å². The summed E-state index contributed by atoms with van der Waals surface area (Å²) in [5.41, 5.74) is 1.51. The monoisotopic (exact) mass is 250 g/mol. The van der Waals surface area contributed by atoms with E-state index >= 15 is 0 Å². The Balaban J connectivity index is 2.07. The smallest absolute Gasteiger partial charge is 0.0534 e. The van der Waals surface area contributed by atoms with E-state index in [0.29, 0.717) is 12.0 Å². The summed E-state index contributed by atoms with van der Waals surface area (Å²) < 4.78 is 1.88. The van der Waals surface area contributed by atoms with E-state index in [-0.39, 0.29) is 5.54 Å². The van der Waals surface area contributed by atoms with Crippen LogP contribution < -0.4 is 5.32 Å². The topological polar surface area (TPSA) is 33.1 Å². The molecule has 1 aliphatic rings. The summed E-state index contributed by atoms with van der Waals surface area (Å²) in [5, 5.41) is 7.93. The number of aromatic nitrogens is 2. The molecule has 0 amide bonds. The van der Waals surface area contributed by atoms with Gasteiger partial charge >= 0.3 is 0 Å². The van der Waals surface area contributed by atoms with Gasteiger partial charge < -0.3 is 5.32 Å². The fourth-order valence-corrected chi connectivity index (χ4v) is 2.54. The average Bonchev–Trinajstić information content (AvgIpc) is 2.67. The van der Waals surface area contributed by atoms with E-state index in [1.165, 1.54) is 5.56 Å². The molecule has 0 aromatic carbocycles. The first-order valence-electron chi connectivity index (χ1n) is 6.84. The average molecular weight is 250 g/mol. The molecule has 1 aromatic rings. The minimum atomic E-state index is 0.210. The summed E-state index contributed by atoms with van der Waals surface area (Å²) in [7, 11) is 1.98. The number of hydrogen-bond acceptors (Lipinski definition) is 3. The standard InChI is InChI=1S/C14H26N4/c1-11(2)13-9-18(14(3,4)10-15-13)8-12-6-16-17(5)7-12/h6-7,11,13,15H,8-10H2,1-5H3. The van der Waals surface area contributed by atoms with E-state index in [4.69, 9.17) is 0 Å². The molecule has 102 valence electrons. The van der Waals surface area contributed by atoms with Crippen molar-refractivity contribution >= 4 is 0 Å². The Morgan fingerprint density at radius 3 is 2.78 bits per heavy atom. The first-order chi connectivity index (χ1) is 8.38. The highest BCUT2D eigenvalue weighted by atomic mass is 15.3. The fourth-order valence-electron chi connectivity index (χ4n) is 2.54. The molecule has 0 radical (unpaired) electrons. The molecule has 2 rings (SSSR count). The van der Waals surface area contributed by atoms with Crippen LogP contribution in [0, 0.1) is 5.92 Å². The minimum Gasteiger partial charge on any atom is -0.311 e. The molecule has 1 aromatic heterocycles. The molecule has 18 heavy (non-hydrogen) atoms. The predicted octanol–water partition coefficient (Wildman–Crippen LogP) is 1.63. The van der Waals surface area contributed by atoms with Crippen molar-refractivity contribution in [2.24, 2.45) is 13.0 Å². The molecule has 1 N–H and O–H groups in total. The van der Waals surface area contributed by atoms with Gasteiger partial charge in [-0.3, -0.25) is 9.58 Å². The van der Waals surface area contributed by atoms with Gasteiger partial charge in [0, 0.05) is 50.0 Å². The van der Waals surface area contributed by atoms with E-state index in [1.54, 1.807) is 0 Å². The lowest BCUT2D eigenvalue weighted by molar-refractivity contribution is 0.0474. The van der Waals surface area contributed by atoms with Crippen molar-refractivity contribution < 1.29 is 0 Å². The van der Waals surface area contributed by atoms with Crippen LogP contribution in [0.15, 0.2) is 12.4 Å². The quantitative estimate of drug-likeness (QED) is 0.885. The summed E-state index contributed by atoms with van der Waals surface area (Å²) in [6, 6.07) is 0.592. The molecule has 1 unspecified atom stereocenters. The third-order valence-corrected chi connectivity index (χ3v) is 4.01. The first kappa shape index (κ1) is 13.6. The summed E-state index contributed by atoms with van der Waals surface area (Å²) in [5.74, 6) is 0.678. The molecule has 0 aliphatic carbocycles. The molecule has 1 fully saturated rings. The van der Waals surface area contributed by atoms with Crippen molar-refractivity contribution in [3.8, 4) is 0 Å². The van der Waals surface area contributed by atoms with Crippen LogP contribution in [0.3, 0.4) is 0 Å². The Morgan fingerprint density at radius 1 is 1.50 bits per heavy atom. The molecular weight excluding hydrogens is 224 g/mol. The maximum atomic E-state index is 4.26. The Hall–Kier alpha value is -0.870. The number of piperazine rings is 1. The maximum Gasteiger partial charge on any atom is 0.0534 e. The Morgan fingerprint density at radius 2 is 2.22 bits per heavy atom. The van der Waals surface area contributed by atoms with Crippen LogP contribution >= 0.6 is 0 Å². The van der Waals surface area contributed by atoms with Gasteiger partial charge in [0.2, 0.25) is 0 Å². The number of rotatable bonds is 3. The van der Waals surface area contributed by atoms with E-state index in [1.807, 2.05) is 17.9 Å². The second kappa shape index (κ2) is 5.02. The lowest BCUT2D eigenvalue weighted by atomic mass is 9.92. The second-order valence-corrected chi connectivity index (χ2v) is 6.45. The van der Waals surface area contributed by atoms with Crippen LogP contribution in [0.4, 0.5) is 0 Å². The maximum absolute atomic E-state index is 4.26. The van der Waals surface area contributed by atoms with Crippen molar-refractivity contribution in [1.29, 1.82) is 0 Å². The lowest BCUT2D eigenvalue weighted by Crippen LogP contribution is -2.62. The zero-order valence-corrected chi connectivity index (χ0v) is 12.3. The minimum absolute atomic E-state index is 0.210. The molecule has 1 atom stereocenters. The van der Waals surface area contributed by atoms with Crippen LogP contribution in [-0.4, -0.2) is 39.4 Å². The summed E-state index contributed by atoms with van der Waals surface area (Å²) in [4.78, 5) is 2.57. The van der Waals surface area contributed by atoms with Crippen LogP contribution in [0.5, 0.6) is 0 Å². The van der Waals surface area contributed by atoms with Crippen LogP contribution in [0.1, 0.15) is 33.3 Å². The van der Waals surface area contributed by atoms with E-state index in [0.717, 1.165) is 19.6 Å². The number of hydrogen-bond donors (Lipinski definition) is 1. The number of aryl methyl sites for hydroxylation is 1. The van der Waals surface area contributed by atoms with Crippen molar-refractivity contribution in [2.45, 2.75) is 45.8 Å². The predicted molar refractivity (Wildman–Crippen MR) is 74.3 cm³/mol. The summed E-state index contributed by atoms with van der Waals surface area (Å²) >= 11 is 0.